The van der Waals surface area contributed by atoms with Gasteiger partial charge < -0.3 is 0 Å². The van der Waals surface area contributed by atoms with Crippen molar-refractivity contribution in [3.63, 3.8) is 0 Å². The highest BCUT2D eigenvalue weighted by molar-refractivity contribution is 5.86. The van der Waals surface area contributed by atoms with Crippen LogP contribution in [0.25, 0.3) is 0 Å². The zero-order valence-corrected chi connectivity index (χ0v) is 10.2. The number of hydrazine groups is 1. The number of carbonyl (C=O) groups is 2. The summed E-state index contributed by atoms with van der Waals surface area (Å²) in [4.78, 5) is 22.8. The van der Waals surface area contributed by atoms with E-state index in [0.717, 1.165) is 0 Å². The van der Waals surface area contributed by atoms with Gasteiger partial charge in [-0.2, -0.15) is 0 Å². The number of ketones is 1. The van der Waals surface area contributed by atoms with Crippen LogP contribution in [-0.4, -0.2) is 40.8 Å². The molecule has 0 aliphatic carbocycles. The maximum absolute atomic E-state index is 11.8. The van der Waals surface area contributed by atoms with Gasteiger partial charge in [0.25, 0.3) is 0 Å². The molecule has 0 bridgehead atoms. The van der Waals surface area contributed by atoms with Crippen molar-refractivity contribution >= 4 is 11.7 Å². The molecule has 1 fully saturated rings. The van der Waals surface area contributed by atoms with Gasteiger partial charge in [0.15, 0.2) is 5.78 Å². The molecule has 15 heavy (non-hydrogen) atoms. The second-order valence-corrected chi connectivity index (χ2v) is 4.87. The molecule has 0 spiro atoms. The molecule has 0 aromatic heterocycles. The highest BCUT2D eigenvalue weighted by Crippen LogP contribution is 2.34. The number of amides is 1. The molecular formula is C11H20N2O2. The molecule has 4 nitrogen and oxygen atoms in total. The van der Waals surface area contributed by atoms with Gasteiger partial charge in [0.1, 0.15) is 0 Å². The van der Waals surface area contributed by atoms with Gasteiger partial charge in [-0.1, -0.05) is 13.8 Å². The van der Waals surface area contributed by atoms with E-state index in [1.54, 1.807) is 5.01 Å². The van der Waals surface area contributed by atoms with Crippen LogP contribution >= 0.6 is 0 Å². The summed E-state index contributed by atoms with van der Waals surface area (Å²) in [6.45, 7) is 7.96. The maximum atomic E-state index is 11.8. The standard InChI is InChI=1S/C11H20N2O2/c1-8(2)11(4)6-10(15)13(12(11)5)7-9(3)14/h8H,6-7H2,1-5H3. The number of Topliss-reactive ketones (excluding diaryl/α,β-unsaturated/α-hetero) is 1. The lowest BCUT2D eigenvalue weighted by Crippen LogP contribution is -2.50. The minimum atomic E-state index is -0.160. The quantitative estimate of drug-likeness (QED) is 0.702. The molecule has 1 aliphatic heterocycles. The van der Waals surface area contributed by atoms with Crippen molar-refractivity contribution in [3.05, 3.63) is 0 Å². The Hall–Kier alpha value is -0.900. The summed E-state index contributed by atoms with van der Waals surface area (Å²) in [5, 5.41) is 3.48. The van der Waals surface area contributed by atoms with Crippen LogP contribution in [0.2, 0.25) is 0 Å². The maximum Gasteiger partial charge on any atom is 0.239 e. The molecular weight excluding hydrogens is 192 g/mol. The van der Waals surface area contributed by atoms with E-state index in [1.807, 2.05) is 12.1 Å². The molecule has 1 aliphatic rings. The minimum absolute atomic E-state index is 0.0169. The van der Waals surface area contributed by atoms with E-state index in [4.69, 9.17) is 0 Å². The van der Waals surface area contributed by atoms with Gasteiger partial charge in [0.05, 0.1) is 6.54 Å². The van der Waals surface area contributed by atoms with Crippen molar-refractivity contribution < 1.29 is 9.59 Å². The topological polar surface area (TPSA) is 40.6 Å². The second-order valence-electron chi connectivity index (χ2n) is 4.87. The van der Waals surface area contributed by atoms with Crippen molar-refractivity contribution in [2.45, 2.75) is 39.7 Å². The summed E-state index contributed by atoms with van der Waals surface area (Å²) in [5.74, 6) is 0.440. The third kappa shape index (κ3) is 2.04. The number of hydrogen-bond acceptors (Lipinski definition) is 3. The summed E-state index contributed by atoms with van der Waals surface area (Å²) in [7, 11) is 1.88. The fraction of sp³-hybridized carbons (Fsp3) is 0.818. The van der Waals surface area contributed by atoms with E-state index in [1.165, 1.54) is 6.92 Å². The molecule has 1 heterocycles. The molecule has 0 aromatic carbocycles. The van der Waals surface area contributed by atoms with Crippen molar-refractivity contribution in [1.82, 2.24) is 10.0 Å². The van der Waals surface area contributed by atoms with Gasteiger partial charge in [-0.3, -0.25) is 14.6 Å². The first-order valence-corrected chi connectivity index (χ1v) is 5.32. The Labute approximate surface area is 91.2 Å². The number of carbonyl (C=O) groups excluding carboxylic acids is 2. The molecule has 1 atom stereocenters. The van der Waals surface area contributed by atoms with E-state index in [0.29, 0.717) is 12.3 Å². The molecule has 0 radical (unpaired) electrons. The lowest BCUT2D eigenvalue weighted by Gasteiger charge is -2.38. The molecule has 1 amide bonds. The molecule has 0 N–H and O–H groups in total. The van der Waals surface area contributed by atoms with E-state index in [2.05, 4.69) is 20.8 Å². The summed E-state index contributed by atoms with van der Waals surface area (Å²) in [5.41, 5.74) is -0.160. The second kappa shape index (κ2) is 3.93. The van der Waals surface area contributed by atoms with E-state index in [-0.39, 0.29) is 23.8 Å². The smallest absolute Gasteiger partial charge is 0.239 e. The van der Waals surface area contributed by atoms with Crippen molar-refractivity contribution in [1.29, 1.82) is 0 Å². The van der Waals surface area contributed by atoms with Crippen LogP contribution in [0.1, 0.15) is 34.1 Å². The molecule has 4 heteroatoms. The minimum Gasteiger partial charge on any atom is -0.298 e. The first-order chi connectivity index (χ1) is 6.79. The van der Waals surface area contributed by atoms with Gasteiger partial charge >= 0.3 is 0 Å². The number of nitrogens with zero attached hydrogens (tertiary/aromatic N) is 2. The Bertz CT molecular complexity index is 288. The molecule has 1 rings (SSSR count). The van der Waals surface area contributed by atoms with Crippen LogP contribution in [0.5, 0.6) is 0 Å². The largest absolute Gasteiger partial charge is 0.298 e. The Morgan fingerprint density at radius 2 is 2.07 bits per heavy atom. The Morgan fingerprint density at radius 1 is 1.53 bits per heavy atom. The Kier molecular flexibility index (Phi) is 3.19. The fourth-order valence-electron chi connectivity index (χ4n) is 1.94. The van der Waals surface area contributed by atoms with Crippen LogP contribution in [0.4, 0.5) is 0 Å². The summed E-state index contributed by atoms with van der Waals surface area (Å²) in [6.07, 6.45) is 0.494. The van der Waals surface area contributed by atoms with Crippen molar-refractivity contribution in [2.24, 2.45) is 5.92 Å². The van der Waals surface area contributed by atoms with E-state index < -0.39 is 0 Å². The number of rotatable bonds is 3. The summed E-state index contributed by atoms with van der Waals surface area (Å²) >= 11 is 0. The van der Waals surface area contributed by atoms with Crippen LogP contribution in [0, 0.1) is 5.92 Å². The van der Waals surface area contributed by atoms with Crippen LogP contribution in [-0.2, 0) is 9.59 Å². The van der Waals surface area contributed by atoms with Crippen molar-refractivity contribution in [2.75, 3.05) is 13.6 Å². The first-order valence-electron chi connectivity index (χ1n) is 5.32. The van der Waals surface area contributed by atoms with Gasteiger partial charge in [0, 0.05) is 19.0 Å². The average Bonchev–Trinajstić information content (AvgIpc) is 2.30. The highest BCUT2D eigenvalue weighted by atomic mass is 16.2. The summed E-state index contributed by atoms with van der Waals surface area (Å²) in [6, 6.07) is 0. The molecule has 86 valence electrons. The molecule has 1 saturated heterocycles. The zero-order chi connectivity index (χ0) is 11.8. The van der Waals surface area contributed by atoms with Crippen LogP contribution in [0.3, 0.4) is 0 Å². The molecule has 0 saturated carbocycles. The van der Waals surface area contributed by atoms with Crippen molar-refractivity contribution in [3.8, 4) is 0 Å². The van der Waals surface area contributed by atoms with Crippen LogP contribution < -0.4 is 0 Å². The Morgan fingerprint density at radius 3 is 2.40 bits per heavy atom. The SMILES string of the molecule is CC(=O)CN1C(=O)CC(C)(C(C)C)N1C. The molecule has 0 aromatic rings. The normalized spacial score (nSPS) is 27.9. The monoisotopic (exact) mass is 212 g/mol. The number of hydrogen-bond donors (Lipinski definition) is 0. The Balaban J connectivity index is 2.87. The van der Waals surface area contributed by atoms with Gasteiger partial charge in [-0.05, 0) is 19.8 Å². The first kappa shape index (κ1) is 12.2. The predicted molar refractivity (Wildman–Crippen MR) is 58.0 cm³/mol. The highest BCUT2D eigenvalue weighted by Gasteiger charge is 2.46. The fourth-order valence-corrected chi connectivity index (χ4v) is 1.94. The predicted octanol–water partition coefficient (Wildman–Crippen LogP) is 1.07. The zero-order valence-electron chi connectivity index (χ0n) is 10.2. The van der Waals surface area contributed by atoms with Gasteiger partial charge in [0.2, 0.25) is 5.91 Å². The molecule has 1 unspecified atom stereocenters. The third-order valence-corrected chi connectivity index (χ3v) is 3.51. The lowest BCUT2D eigenvalue weighted by molar-refractivity contribution is -0.143. The van der Waals surface area contributed by atoms with E-state index in [9.17, 15) is 9.59 Å². The van der Waals surface area contributed by atoms with Gasteiger partial charge in [-0.25, -0.2) is 5.01 Å². The van der Waals surface area contributed by atoms with E-state index >= 15 is 0 Å². The van der Waals surface area contributed by atoms with Gasteiger partial charge in [-0.15, -0.1) is 0 Å². The third-order valence-electron chi connectivity index (χ3n) is 3.51. The van der Waals surface area contributed by atoms with Crippen LogP contribution in [0.15, 0.2) is 0 Å². The summed E-state index contributed by atoms with van der Waals surface area (Å²) < 4.78 is 0. The lowest BCUT2D eigenvalue weighted by atomic mass is 9.86. The average molecular weight is 212 g/mol.